The molecule has 0 bridgehead atoms. The van der Waals surface area contributed by atoms with Crippen LogP contribution in [0.3, 0.4) is 0 Å². The summed E-state index contributed by atoms with van der Waals surface area (Å²) >= 11 is 1.45. The van der Waals surface area contributed by atoms with E-state index in [9.17, 15) is 4.79 Å². The molecule has 0 spiro atoms. The van der Waals surface area contributed by atoms with Gasteiger partial charge in [0.15, 0.2) is 5.17 Å². The largest absolute Gasteiger partial charge is 0.379 e. The van der Waals surface area contributed by atoms with Crippen LogP contribution in [-0.2, 0) is 9.53 Å². The zero-order chi connectivity index (χ0) is 25.6. The molecule has 0 atom stereocenters. The van der Waals surface area contributed by atoms with E-state index in [0.717, 1.165) is 67.2 Å². The number of hydrogen-bond donors (Lipinski definition) is 0. The number of amides is 1. The van der Waals surface area contributed by atoms with Crippen molar-refractivity contribution >= 4 is 40.3 Å². The molecule has 192 valence electrons. The maximum atomic E-state index is 13.6. The summed E-state index contributed by atoms with van der Waals surface area (Å²) in [4.78, 5) is 25.4. The molecule has 2 saturated heterocycles. The van der Waals surface area contributed by atoms with Crippen LogP contribution in [0.4, 0.5) is 11.4 Å². The SMILES string of the molecule is CN(C)c1ccc(-n2cccc2/C=C2\SC(=Nc3ccccc3)N(CCCN3CCOCC3)C2=O)cc1. The molecule has 7 nitrogen and oxygen atoms in total. The summed E-state index contributed by atoms with van der Waals surface area (Å²) in [6, 6.07) is 22.3. The number of hydrogen-bond acceptors (Lipinski definition) is 6. The minimum atomic E-state index is 0.0114. The third-order valence-electron chi connectivity index (χ3n) is 6.53. The molecule has 2 aromatic carbocycles. The van der Waals surface area contributed by atoms with Crippen molar-refractivity contribution in [2.24, 2.45) is 4.99 Å². The van der Waals surface area contributed by atoms with Crippen molar-refractivity contribution < 1.29 is 9.53 Å². The zero-order valence-corrected chi connectivity index (χ0v) is 22.2. The van der Waals surface area contributed by atoms with E-state index < -0.39 is 0 Å². The van der Waals surface area contributed by atoms with E-state index in [1.807, 2.05) is 73.7 Å². The Kier molecular flexibility index (Phi) is 8.08. The zero-order valence-electron chi connectivity index (χ0n) is 21.4. The first-order valence-electron chi connectivity index (χ1n) is 12.7. The third kappa shape index (κ3) is 6.15. The maximum absolute atomic E-state index is 13.6. The lowest BCUT2D eigenvalue weighted by molar-refractivity contribution is -0.122. The van der Waals surface area contributed by atoms with Crippen LogP contribution in [0.15, 0.2) is 82.8 Å². The van der Waals surface area contributed by atoms with Crippen molar-refractivity contribution in [2.45, 2.75) is 6.42 Å². The molecular weight excluding hydrogens is 482 g/mol. The first kappa shape index (κ1) is 25.3. The third-order valence-corrected chi connectivity index (χ3v) is 7.54. The van der Waals surface area contributed by atoms with Gasteiger partial charge in [0.05, 0.1) is 23.8 Å². The molecule has 0 unspecified atom stereocenters. The Balaban J connectivity index is 1.38. The van der Waals surface area contributed by atoms with Gasteiger partial charge in [-0.15, -0.1) is 0 Å². The van der Waals surface area contributed by atoms with E-state index in [2.05, 4.69) is 38.6 Å². The molecule has 0 N–H and O–H groups in total. The summed E-state index contributed by atoms with van der Waals surface area (Å²) < 4.78 is 7.57. The number of carbonyl (C=O) groups excluding carboxylic acids is 1. The Bertz CT molecular complexity index is 1260. The van der Waals surface area contributed by atoms with Crippen molar-refractivity contribution in [3.05, 3.63) is 83.5 Å². The first-order chi connectivity index (χ1) is 18.1. The fraction of sp³-hybridized carbons (Fsp3) is 0.310. The minimum absolute atomic E-state index is 0.0114. The molecule has 2 aliphatic rings. The molecule has 2 fully saturated rings. The maximum Gasteiger partial charge on any atom is 0.266 e. The van der Waals surface area contributed by atoms with Gasteiger partial charge >= 0.3 is 0 Å². The second-order valence-corrected chi connectivity index (χ2v) is 10.3. The number of anilines is 1. The van der Waals surface area contributed by atoms with Crippen LogP contribution in [0.5, 0.6) is 0 Å². The number of nitrogens with zero attached hydrogens (tertiary/aromatic N) is 5. The molecule has 0 saturated carbocycles. The molecular formula is C29H33N5O2S. The smallest absolute Gasteiger partial charge is 0.266 e. The molecule has 0 radical (unpaired) electrons. The number of amidine groups is 1. The van der Waals surface area contributed by atoms with Crippen LogP contribution in [-0.4, -0.2) is 78.9 Å². The summed E-state index contributed by atoms with van der Waals surface area (Å²) in [5, 5.41) is 0.734. The lowest BCUT2D eigenvalue weighted by Gasteiger charge is -2.27. The molecule has 2 aliphatic heterocycles. The van der Waals surface area contributed by atoms with E-state index in [0.29, 0.717) is 11.4 Å². The number of aliphatic imine (C=N–C) groups is 1. The fourth-order valence-corrected chi connectivity index (χ4v) is 5.48. The number of thioether (sulfide) groups is 1. The molecule has 3 aromatic rings. The highest BCUT2D eigenvalue weighted by molar-refractivity contribution is 8.18. The van der Waals surface area contributed by atoms with Crippen LogP contribution in [0.2, 0.25) is 0 Å². The number of ether oxygens (including phenoxy) is 1. The summed E-state index contributed by atoms with van der Waals surface area (Å²) in [5.41, 5.74) is 4.01. The second-order valence-electron chi connectivity index (χ2n) is 9.32. The monoisotopic (exact) mass is 515 g/mol. The van der Waals surface area contributed by atoms with Gasteiger partial charge in [0.25, 0.3) is 5.91 Å². The number of aromatic nitrogens is 1. The van der Waals surface area contributed by atoms with Crippen molar-refractivity contribution in [2.75, 3.05) is 58.4 Å². The van der Waals surface area contributed by atoms with Gasteiger partial charge in [-0.1, -0.05) is 18.2 Å². The van der Waals surface area contributed by atoms with Crippen molar-refractivity contribution in [3.63, 3.8) is 0 Å². The highest BCUT2D eigenvalue weighted by Gasteiger charge is 2.33. The minimum Gasteiger partial charge on any atom is -0.379 e. The highest BCUT2D eigenvalue weighted by Crippen LogP contribution is 2.34. The summed E-state index contributed by atoms with van der Waals surface area (Å²) in [7, 11) is 4.06. The van der Waals surface area contributed by atoms with Gasteiger partial charge in [-0.3, -0.25) is 14.6 Å². The van der Waals surface area contributed by atoms with Gasteiger partial charge in [0.1, 0.15) is 0 Å². The van der Waals surface area contributed by atoms with Gasteiger partial charge in [0.2, 0.25) is 0 Å². The van der Waals surface area contributed by atoms with E-state index in [-0.39, 0.29) is 5.91 Å². The standard InChI is InChI=1S/C29H33N5O2S/c1-31(2)24-11-13-25(14-12-24)33-16-6-10-26(33)22-27-28(35)34(17-7-15-32-18-20-36-21-19-32)29(37-27)30-23-8-4-3-5-9-23/h3-6,8-14,16,22H,7,15,17-21H2,1-2H3/b27-22-,30-29?. The molecule has 5 rings (SSSR count). The number of carbonyl (C=O) groups is 1. The van der Waals surface area contributed by atoms with Crippen molar-refractivity contribution in [1.82, 2.24) is 14.4 Å². The first-order valence-corrected chi connectivity index (χ1v) is 13.5. The normalized spacial score (nSPS) is 18.8. The van der Waals surface area contributed by atoms with Crippen LogP contribution in [0, 0.1) is 0 Å². The molecule has 3 heterocycles. The van der Waals surface area contributed by atoms with Gasteiger partial charge < -0.3 is 14.2 Å². The molecule has 1 aromatic heterocycles. The highest BCUT2D eigenvalue weighted by atomic mass is 32.2. The molecule has 37 heavy (non-hydrogen) atoms. The quantitative estimate of drug-likeness (QED) is 0.401. The Labute approximate surface area is 223 Å². The average Bonchev–Trinajstić information content (AvgIpc) is 3.50. The predicted octanol–water partition coefficient (Wildman–Crippen LogP) is 4.87. The van der Waals surface area contributed by atoms with Gasteiger partial charge in [-0.05, 0) is 72.8 Å². The van der Waals surface area contributed by atoms with Gasteiger partial charge in [0, 0.05) is 63.5 Å². The van der Waals surface area contributed by atoms with Crippen molar-refractivity contribution in [3.8, 4) is 5.69 Å². The van der Waals surface area contributed by atoms with Crippen LogP contribution in [0.25, 0.3) is 11.8 Å². The van der Waals surface area contributed by atoms with Gasteiger partial charge in [-0.25, -0.2) is 4.99 Å². The lowest BCUT2D eigenvalue weighted by atomic mass is 10.2. The summed E-state index contributed by atoms with van der Waals surface area (Å²) in [5.74, 6) is 0.0114. The predicted molar refractivity (Wildman–Crippen MR) is 153 cm³/mol. The Morgan fingerprint density at radius 1 is 0.973 bits per heavy atom. The number of rotatable bonds is 8. The topological polar surface area (TPSA) is 53.3 Å². The molecule has 0 aliphatic carbocycles. The van der Waals surface area contributed by atoms with E-state index in [4.69, 9.17) is 9.73 Å². The van der Waals surface area contributed by atoms with Gasteiger partial charge in [-0.2, -0.15) is 0 Å². The average molecular weight is 516 g/mol. The number of para-hydroxylation sites is 1. The number of morpholine rings is 1. The Morgan fingerprint density at radius 3 is 2.46 bits per heavy atom. The van der Waals surface area contributed by atoms with Crippen LogP contribution < -0.4 is 4.90 Å². The fourth-order valence-electron chi connectivity index (χ4n) is 4.47. The molecule has 1 amide bonds. The summed E-state index contributed by atoms with van der Waals surface area (Å²) in [6.45, 7) is 5.05. The van der Waals surface area contributed by atoms with E-state index in [1.165, 1.54) is 11.8 Å². The summed E-state index contributed by atoms with van der Waals surface area (Å²) in [6.07, 6.45) is 4.90. The number of benzene rings is 2. The lowest BCUT2D eigenvalue weighted by Crippen LogP contribution is -2.38. The van der Waals surface area contributed by atoms with Crippen molar-refractivity contribution in [1.29, 1.82) is 0 Å². The molecule has 8 heteroatoms. The second kappa shape index (κ2) is 11.8. The Hall–Kier alpha value is -3.33. The van der Waals surface area contributed by atoms with Crippen LogP contribution in [0.1, 0.15) is 12.1 Å². The Morgan fingerprint density at radius 2 is 1.73 bits per heavy atom. The van der Waals surface area contributed by atoms with E-state index >= 15 is 0 Å². The van der Waals surface area contributed by atoms with Crippen LogP contribution >= 0.6 is 11.8 Å². The van der Waals surface area contributed by atoms with E-state index in [1.54, 1.807) is 0 Å².